The van der Waals surface area contributed by atoms with Crippen LogP contribution in [-0.2, 0) is 17.8 Å². The molecule has 7 nitrogen and oxygen atoms in total. The van der Waals surface area contributed by atoms with E-state index >= 15 is 0 Å². The van der Waals surface area contributed by atoms with Crippen LogP contribution in [-0.4, -0.2) is 32.5 Å². The van der Waals surface area contributed by atoms with Crippen molar-refractivity contribution in [3.8, 4) is 6.07 Å². The van der Waals surface area contributed by atoms with Crippen molar-refractivity contribution in [2.24, 2.45) is 0 Å². The number of amides is 1. The van der Waals surface area contributed by atoms with Crippen LogP contribution in [0.5, 0.6) is 0 Å². The molecule has 0 aliphatic rings. The largest absolute Gasteiger partial charge is 0.354 e. The van der Waals surface area contributed by atoms with E-state index in [4.69, 9.17) is 5.26 Å². The molecule has 2 aromatic rings. The molecule has 7 heteroatoms. The van der Waals surface area contributed by atoms with Gasteiger partial charge in [0.2, 0.25) is 5.91 Å². The maximum atomic E-state index is 12.2. The van der Waals surface area contributed by atoms with Crippen molar-refractivity contribution in [2.75, 3.05) is 0 Å². The zero-order valence-electron chi connectivity index (χ0n) is 13.7. The van der Waals surface area contributed by atoms with Crippen LogP contribution in [0.2, 0.25) is 0 Å². The third kappa shape index (κ3) is 5.02. The van der Waals surface area contributed by atoms with Gasteiger partial charge in [-0.25, -0.2) is 9.67 Å². The Balaban J connectivity index is 1.90. The molecule has 0 saturated carbocycles. The first kappa shape index (κ1) is 17.3. The van der Waals surface area contributed by atoms with Gasteiger partial charge >= 0.3 is 0 Å². The second-order valence-electron chi connectivity index (χ2n) is 5.64. The Morgan fingerprint density at radius 3 is 2.62 bits per heavy atom. The highest BCUT2D eigenvalue weighted by atomic mass is 16.1. The second-order valence-corrected chi connectivity index (χ2v) is 5.64. The first-order valence-electron chi connectivity index (χ1n) is 7.66. The molecule has 1 aromatic heterocycles. The number of hydrogen-bond acceptors (Lipinski definition) is 5. The van der Waals surface area contributed by atoms with Crippen LogP contribution in [0.4, 0.5) is 0 Å². The van der Waals surface area contributed by atoms with Gasteiger partial charge in [-0.05, 0) is 25.3 Å². The minimum atomic E-state index is -0.0949. The highest BCUT2D eigenvalue weighted by Gasteiger charge is 2.09. The average Bonchev–Trinajstić information content (AvgIpc) is 3.00. The number of nitrogens with zero attached hydrogens (tertiary/aromatic N) is 4. The van der Waals surface area contributed by atoms with Crippen molar-refractivity contribution in [3.05, 3.63) is 47.5 Å². The minimum Gasteiger partial charge on any atom is -0.354 e. The molecule has 1 amide bonds. The number of nitrogens with one attached hydrogen (secondary N) is 1. The highest BCUT2D eigenvalue weighted by molar-refractivity contribution is 5.95. The van der Waals surface area contributed by atoms with Crippen molar-refractivity contribution in [3.63, 3.8) is 0 Å². The zero-order chi connectivity index (χ0) is 17.5. The molecule has 0 saturated heterocycles. The fourth-order valence-electron chi connectivity index (χ4n) is 2.32. The fraction of sp³-hybridized carbons (Fsp3) is 0.353. The quantitative estimate of drug-likeness (QED) is 0.777. The molecule has 0 aliphatic carbocycles. The number of rotatable bonds is 7. The lowest BCUT2D eigenvalue weighted by molar-refractivity contribution is -0.119. The van der Waals surface area contributed by atoms with Gasteiger partial charge in [-0.15, -0.1) is 5.10 Å². The van der Waals surface area contributed by atoms with Gasteiger partial charge in [-0.2, -0.15) is 5.26 Å². The summed E-state index contributed by atoms with van der Waals surface area (Å²) in [5, 5.41) is 15.4. The van der Waals surface area contributed by atoms with Gasteiger partial charge in [-0.1, -0.05) is 24.3 Å². The van der Waals surface area contributed by atoms with Crippen molar-refractivity contribution < 1.29 is 9.59 Å². The maximum Gasteiger partial charge on any atom is 0.252 e. The molecule has 1 aromatic carbocycles. The molecule has 0 fully saturated rings. The summed E-state index contributed by atoms with van der Waals surface area (Å²) < 4.78 is 1.35. The molecule has 0 bridgehead atoms. The average molecular weight is 325 g/mol. The molecular weight excluding hydrogens is 306 g/mol. The fourth-order valence-corrected chi connectivity index (χ4v) is 2.32. The number of carbonyl (C=O) groups excluding carboxylic acids is 2. The predicted molar refractivity (Wildman–Crippen MR) is 87.1 cm³/mol. The van der Waals surface area contributed by atoms with Gasteiger partial charge < -0.3 is 5.32 Å². The van der Waals surface area contributed by atoms with E-state index < -0.39 is 0 Å². The van der Waals surface area contributed by atoms with Gasteiger partial charge in [0.15, 0.2) is 5.78 Å². The molecule has 2 rings (SSSR count). The third-order valence-corrected chi connectivity index (χ3v) is 3.53. The van der Waals surface area contributed by atoms with E-state index in [1.165, 1.54) is 17.9 Å². The Bertz CT molecular complexity index is 758. The van der Waals surface area contributed by atoms with E-state index in [0.717, 1.165) is 18.4 Å². The van der Waals surface area contributed by atoms with E-state index in [0.29, 0.717) is 5.56 Å². The van der Waals surface area contributed by atoms with E-state index in [2.05, 4.69) is 15.4 Å². The topological polar surface area (TPSA) is 101 Å². The zero-order valence-corrected chi connectivity index (χ0v) is 13.7. The minimum absolute atomic E-state index is 0.0314. The van der Waals surface area contributed by atoms with E-state index in [1.54, 1.807) is 12.1 Å². The summed E-state index contributed by atoms with van der Waals surface area (Å²) in [6, 6.07) is 9.32. The number of benzene rings is 1. The lowest BCUT2D eigenvalue weighted by Crippen LogP contribution is -2.30. The summed E-state index contributed by atoms with van der Waals surface area (Å²) in [5.74, 6) is -0.0786. The molecule has 124 valence electrons. The summed E-state index contributed by atoms with van der Waals surface area (Å²) in [5.41, 5.74) is 1.69. The number of aromatic nitrogens is 3. The number of hydrogen-bond donors (Lipinski definition) is 1. The standard InChI is InChI=1S/C17H19N5O2/c1-12(20-13(2)23)3-4-14-5-7-15(8-6-14)16(24)10-22-11-19-17(9-18)21-22/h5-8,11-12H,3-4,10H2,1-2H3,(H,20,23). The normalized spacial score (nSPS) is 11.5. The van der Waals surface area contributed by atoms with Gasteiger partial charge in [-0.3, -0.25) is 9.59 Å². The summed E-state index contributed by atoms with van der Waals surface area (Å²) in [6.45, 7) is 3.52. The van der Waals surface area contributed by atoms with Crippen LogP contribution >= 0.6 is 0 Å². The van der Waals surface area contributed by atoms with Crippen LogP contribution in [0.1, 0.15) is 42.0 Å². The monoisotopic (exact) mass is 325 g/mol. The number of aryl methyl sites for hydroxylation is 1. The van der Waals surface area contributed by atoms with Crippen LogP contribution in [0.3, 0.4) is 0 Å². The van der Waals surface area contributed by atoms with Crippen molar-refractivity contribution >= 4 is 11.7 Å². The van der Waals surface area contributed by atoms with E-state index in [-0.39, 0.29) is 30.1 Å². The molecule has 24 heavy (non-hydrogen) atoms. The number of nitriles is 1. The van der Waals surface area contributed by atoms with E-state index in [9.17, 15) is 9.59 Å². The first-order chi connectivity index (χ1) is 11.5. The third-order valence-electron chi connectivity index (χ3n) is 3.53. The van der Waals surface area contributed by atoms with Crippen LogP contribution in [0.15, 0.2) is 30.6 Å². The second kappa shape index (κ2) is 8.02. The van der Waals surface area contributed by atoms with Gasteiger partial charge in [0.25, 0.3) is 5.82 Å². The number of ketones is 1. The Kier molecular flexibility index (Phi) is 5.79. The molecule has 0 aliphatic heterocycles. The summed E-state index contributed by atoms with van der Waals surface area (Å²) in [4.78, 5) is 26.9. The Labute approximate surface area is 140 Å². The molecule has 1 heterocycles. The number of carbonyl (C=O) groups is 2. The first-order valence-corrected chi connectivity index (χ1v) is 7.66. The van der Waals surface area contributed by atoms with Crippen LogP contribution in [0, 0.1) is 11.3 Å². The molecule has 1 N–H and O–H groups in total. The van der Waals surface area contributed by atoms with Crippen LogP contribution in [0.25, 0.3) is 0 Å². The Hall–Kier alpha value is -3.01. The summed E-state index contributed by atoms with van der Waals surface area (Å²) >= 11 is 0. The molecule has 0 spiro atoms. The van der Waals surface area contributed by atoms with Crippen molar-refractivity contribution in [2.45, 2.75) is 39.3 Å². The van der Waals surface area contributed by atoms with E-state index in [1.807, 2.05) is 25.1 Å². The molecular formula is C17H19N5O2. The molecule has 1 atom stereocenters. The summed E-state index contributed by atoms with van der Waals surface area (Å²) in [6.07, 6.45) is 3.03. The summed E-state index contributed by atoms with van der Waals surface area (Å²) in [7, 11) is 0. The lowest BCUT2D eigenvalue weighted by atomic mass is 10.0. The van der Waals surface area contributed by atoms with Gasteiger partial charge in [0.05, 0.1) is 0 Å². The van der Waals surface area contributed by atoms with Crippen LogP contribution < -0.4 is 5.32 Å². The predicted octanol–water partition coefficient (Wildman–Crippen LogP) is 1.49. The number of Topliss-reactive ketones (excluding diaryl/α,β-unsaturated/α-hetero) is 1. The van der Waals surface area contributed by atoms with Crippen molar-refractivity contribution in [1.82, 2.24) is 20.1 Å². The molecule has 1 unspecified atom stereocenters. The van der Waals surface area contributed by atoms with Gasteiger partial charge in [0, 0.05) is 18.5 Å². The Morgan fingerprint density at radius 2 is 2.04 bits per heavy atom. The Morgan fingerprint density at radius 1 is 1.33 bits per heavy atom. The highest BCUT2D eigenvalue weighted by Crippen LogP contribution is 2.09. The van der Waals surface area contributed by atoms with Crippen molar-refractivity contribution in [1.29, 1.82) is 5.26 Å². The van der Waals surface area contributed by atoms with Gasteiger partial charge in [0.1, 0.15) is 18.9 Å². The lowest BCUT2D eigenvalue weighted by Gasteiger charge is -2.12. The maximum absolute atomic E-state index is 12.2. The smallest absolute Gasteiger partial charge is 0.252 e. The SMILES string of the molecule is CC(=O)NC(C)CCc1ccc(C(=O)Cn2cnc(C#N)n2)cc1. The molecule has 0 radical (unpaired) electrons.